The zero-order chi connectivity index (χ0) is 21.5. The Hall–Kier alpha value is -3.55. The van der Waals surface area contributed by atoms with Crippen molar-refractivity contribution in [1.82, 2.24) is 9.38 Å². The molecule has 2 heterocycles. The van der Waals surface area contributed by atoms with Gasteiger partial charge >= 0.3 is 0 Å². The maximum atomic E-state index is 10.6. The smallest absolute Gasteiger partial charge is 0.152 e. The maximum absolute atomic E-state index is 10.6. The molecule has 5 heteroatoms. The Bertz CT molecular complexity index is 1400. The highest BCUT2D eigenvalue weighted by Gasteiger charge is 2.20. The Kier molecular flexibility index (Phi) is 4.77. The number of imidazole rings is 1. The van der Waals surface area contributed by atoms with Crippen molar-refractivity contribution < 1.29 is 5.11 Å². The van der Waals surface area contributed by atoms with Crippen LogP contribution in [0.3, 0.4) is 0 Å². The molecule has 1 saturated carbocycles. The van der Waals surface area contributed by atoms with E-state index in [1.807, 2.05) is 61.5 Å². The Labute approximate surface area is 185 Å². The molecule has 4 nitrogen and oxygen atoms in total. The van der Waals surface area contributed by atoms with Crippen LogP contribution in [0.25, 0.3) is 33.8 Å². The number of aliphatic hydroxyl groups is 1. The molecule has 2 aromatic carbocycles. The summed E-state index contributed by atoms with van der Waals surface area (Å²) in [6.07, 6.45) is 4.79. The molecule has 0 atom stereocenters. The van der Waals surface area contributed by atoms with Crippen LogP contribution in [0.15, 0.2) is 66.4 Å². The molecule has 0 aliphatic heterocycles. The molecule has 4 aromatic rings. The van der Waals surface area contributed by atoms with Gasteiger partial charge in [0.15, 0.2) is 5.69 Å². The molecule has 5 rings (SSSR count). The van der Waals surface area contributed by atoms with Gasteiger partial charge in [-0.05, 0) is 61.1 Å². The number of nitriles is 1. The molecular formula is C26H20ClN3O. The van der Waals surface area contributed by atoms with E-state index in [2.05, 4.69) is 6.07 Å². The number of aliphatic hydroxyl groups excluding tert-OH is 1. The number of rotatable bonds is 3. The standard InChI is InChI=1S/C26H20ClN3O/c1-16-9-10-20(22(27)13-16)19-7-2-3-8-21(19)25-23(15-28)30-12-11-18(14-24(30)29-25)26(31)17-5-4-6-17/h2-3,7-14,31H,4-6H2,1H3. The molecule has 31 heavy (non-hydrogen) atoms. The molecule has 1 aliphatic rings. The quantitative estimate of drug-likeness (QED) is 0.361. The van der Waals surface area contributed by atoms with Crippen LogP contribution in [-0.4, -0.2) is 14.5 Å². The van der Waals surface area contributed by atoms with Crippen LogP contribution in [0, 0.1) is 18.3 Å². The van der Waals surface area contributed by atoms with E-state index in [1.54, 1.807) is 10.6 Å². The van der Waals surface area contributed by atoms with Gasteiger partial charge in [-0.3, -0.25) is 4.40 Å². The van der Waals surface area contributed by atoms with Crippen molar-refractivity contribution >= 4 is 23.0 Å². The first-order valence-corrected chi connectivity index (χ1v) is 10.6. The van der Waals surface area contributed by atoms with Gasteiger partial charge < -0.3 is 5.11 Å². The minimum absolute atomic E-state index is 0.337. The lowest BCUT2D eigenvalue weighted by Crippen LogP contribution is -2.01. The minimum atomic E-state index is 0.337. The number of nitrogens with zero attached hydrogens (tertiary/aromatic N) is 3. The lowest BCUT2D eigenvalue weighted by atomic mass is 9.89. The highest BCUT2D eigenvalue weighted by Crippen LogP contribution is 2.38. The van der Waals surface area contributed by atoms with Crippen LogP contribution in [0.5, 0.6) is 0 Å². The van der Waals surface area contributed by atoms with Gasteiger partial charge in [-0.2, -0.15) is 5.26 Å². The Morgan fingerprint density at radius 2 is 1.84 bits per heavy atom. The van der Waals surface area contributed by atoms with Crippen LogP contribution >= 0.6 is 11.6 Å². The summed E-state index contributed by atoms with van der Waals surface area (Å²) >= 11 is 6.56. The number of hydrogen-bond donors (Lipinski definition) is 1. The average molecular weight is 426 g/mol. The third-order valence-corrected chi connectivity index (χ3v) is 6.21. The number of aryl methyl sites for hydroxylation is 1. The Morgan fingerprint density at radius 1 is 1.06 bits per heavy atom. The van der Waals surface area contributed by atoms with Gasteiger partial charge in [-0.25, -0.2) is 4.98 Å². The molecule has 0 spiro atoms. The number of pyridine rings is 1. The fraction of sp³-hybridized carbons (Fsp3) is 0.154. The van der Waals surface area contributed by atoms with Gasteiger partial charge in [-0.15, -0.1) is 0 Å². The van der Waals surface area contributed by atoms with Gasteiger partial charge in [0.2, 0.25) is 0 Å². The van der Waals surface area contributed by atoms with Crippen molar-refractivity contribution in [3.8, 4) is 28.5 Å². The summed E-state index contributed by atoms with van der Waals surface area (Å²) in [5, 5.41) is 21.2. The van der Waals surface area contributed by atoms with Crippen molar-refractivity contribution in [3.05, 3.63) is 88.2 Å². The SMILES string of the molecule is Cc1ccc(-c2ccccc2-c2nc3cc(C(O)=C4CCC4)ccn3c2C#N)c(Cl)c1. The van der Waals surface area contributed by atoms with E-state index in [-0.39, 0.29) is 0 Å². The predicted octanol–water partition coefficient (Wildman–Crippen LogP) is 6.95. The highest BCUT2D eigenvalue weighted by molar-refractivity contribution is 6.33. The first kappa shape index (κ1) is 19.4. The van der Waals surface area contributed by atoms with E-state index in [0.29, 0.717) is 27.8 Å². The number of allylic oxidation sites excluding steroid dienone is 1. The molecule has 1 N–H and O–H groups in total. The minimum Gasteiger partial charge on any atom is -0.507 e. The van der Waals surface area contributed by atoms with E-state index in [4.69, 9.17) is 16.6 Å². The fourth-order valence-electron chi connectivity index (χ4n) is 4.04. The van der Waals surface area contributed by atoms with Crippen molar-refractivity contribution in [3.63, 3.8) is 0 Å². The number of halogens is 1. The van der Waals surface area contributed by atoms with Crippen LogP contribution in [0.1, 0.15) is 36.1 Å². The molecule has 152 valence electrons. The average Bonchev–Trinajstić information content (AvgIpc) is 3.10. The van der Waals surface area contributed by atoms with Gasteiger partial charge in [0.05, 0.1) is 0 Å². The fourth-order valence-corrected chi connectivity index (χ4v) is 4.38. The van der Waals surface area contributed by atoms with E-state index in [0.717, 1.165) is 52.7 Å². The summed E-state index contributed by atoms with van der Waals surface area (Å²) in [7, 11) is 0. The zero-order valence-corrected chi connectivity index (χ0v) is 17.8. The van der Waals surface area contributed by atoms with Crippen molar-refractivity contribution in [2.75, 3.05) is 0 Å². The van der Waals surface area contributed by atoms with E-state index in [1.165, 1.54) is 0 Å². The molecule has 1 aliphatic carbocycles. The second-order valence-electron chi connectivity index (χ2n) is 7.90. The second-order valence-corrected chi connectivity index (χ2v) is 8.31. The van der Waals surface area contributed by atoms with Gasteiger partial charge in [-0.1, -0.05) is 48.0 Å². The van der Waals surface area contributed by atoms with E-state index in [9.17, 15) is 10.4 Å². The maximum Gasteiger partial charge on any atom is 0.152 e. The van der Waals surface area contributed by atoms with Crippen LogP contribution in [-0.2, 0) is 0 Å². The number of benzene rings is 2. The highest BCUT2D eigenvalue weighted by atomic mass is 35.5. The topological polar surface area (TPSA) is 61.3 Å². The second kappa shape index (κ2) is 7.61. The van der Waals surface area contributed by atoms with Crippen molar-refractivity contribution in [2.45, 2.75) is 26.2 Å². The van der Waals surface area contributed by atoms with Crippen LogP contribution < -0.4 is 0 Å². The number of hydrogen-bond acceptors (Lipinski definition) is 3. The van der Waals surface area contributed by atoms with E-state index < -0.39 is 0 Å². The lowest BCUT2D eigenvalue weighted by molar-refractivity contribution is 0.486. The van der Waals surface area contributed by atoms with Gasteiger partial charge in [0.1, 0.15) is 23.2 Å². The van der Waals surface area contributed by atoms with Crippen LogP contribution in [0.4, 0.5) is 0 Å². The van der Waals surface area contributed by atoms with Crippen molar-refractivity contribution in [1.29, 1.82) is 5.26 Å². The first-order chi connectivity index (χ1) is 15.1. The number of fused-ring (bicyclic) bond motifs is 1. The Morgan fingerprint density at radius 3 is 2.52 bits per heavy atom. The van der Waals surface area contributed by atoms with E-state index >= 15 is 0 Å². The normalized spacial score (nSPS) is 13.1. The molecule has 1 fully saturated rings. The predicted molar refractivity (Wildman–Crippen MR) is 124 cm³/mol. The van der Waals surface area contributed by atoms with Gasteiger partial charge in [0, 0.05) is 27.9 Å². The van der Waals surface area contributed by atoms with Gasteiger partial charge in [0.25, 0.3) is 0 Å². The molecular weight excluding hydrogens is 406 g/mol. The third kappa shape index (κ3) is 3.28. The summed E-state index contributed by atoms with van der Waals surface area (Å²) < 4.78 is 1.77. The molecule has 0 amide bonds. The zero-order valence-electron chi connectivity index (χ0n) is 17.1. The number of aromatic nitrogens is 2. The molecule has 0 radical (unpaired) electrons. The van der Waals surface area contributed by atoms with Crippen molar-refractivity contribution in [2.24, 2.45) is 0 Å². The molecule has 0 saturated heterocycles. The summed E-state index contributed by atoms with van der Waals surface area (Å²) in [5.41, 5.74) is 7.25. The summed E-state index contributed by atoms with van der Waals surface area (Å²) in [6, 6.07) is 19.8. The molecule has 2 aromatic heterocycles. The van der Waals surface area contributed by atoms with Crippen LogP contribution in [0.2, 0.25) is 5.02 Å². The summed E-state index contributed by atoms with van der Waals surface area (Å²) in [4.78, 5) is 4.80. The summed E-state index contributed by atoms with van der Waals surface area (Å²) in [5.74, 6) is 0.337. The Balaban J connectivity index is 1.70. The molecule has 0 bridgehead atoms. The largest absolute Gasteiger partial charge is 0.507 e. The first-order valence-electron chi connectivity index (χ1n) is 10.3. The third-order valence-electron chi connectivity index (χ3n) is 5.89. The molecule has 0 unspecified atom stereocenters. The lowest BCUT2D eigenvalue weighted by Gasteiger charge is -2.18. The summed E-state index contributed by atoms with van der Waals surface area (Å²) in [6.45, 7) is 2.00. The monoisotopic (exact) mass is 425 g/mol.